The van der Waals surface area contributed by atoms with Crippen molar-refractivity contribution in [2.24, 2.45) is 17.8 Å². The summed E-state index contributed by atoms with van der Waals surface area (Å²) in [7, 11) is -3.54. The molecule has 8 heteroatoms. The van der Waals surface area contributed by atoms with Crippen LogP contribution in [-0.2, 0) is 19.6 Å². The topological polar surface area (TPSA) is 104 Å². The van der Waals surface area contributed by atoms with Crippen molar-refractivity contribution in [3.8, 4) is 0 Å². The maximum Gasteiger partial charge on any atom is 0.307 e. The zero-order valence-corrected chi connectivity index (χ0v) is 16.7. The number of nitrogens with zero attached hydrogens (tertiary/aromatic N) is 1. The summed E-state index contributed by atoms with van der Waals surface area (Å²) in [5.41, 5.74) is 0.454. The van der Waals surface area contributed by atoms with Gasteiger partial charge in [-0.15, -0.1) is 0 Å². The van der Waals surface area contributed by atoms with E-state index in [9.17, 15) is 23.1 Å². The van der Waals surface area contributed by atoms with Gasteiger partial charge in [-0.25, -0.2) is 8.42 Å². The lowest BCUT2D eigenvalue weighted by Gasteiger charge is -2.29. The lowest BCUT2D eigenvalue weighted by atomic mass is 9.82. The van der Waals surface area contributed by atoms with Crippen LogP contribution in [0.2, 0.25) is 0 Å². The number of carbonyl (C=O) groups is 2. The van der Waals surface area contributed by atoms with E-state index in [0.717, 1.165) is 12.8 Å². The summed E-state index contributed by atoms with van der Waals surface area (Å²) in [6.45, 7) is 3.17. The zero-order chi connectivity index (χ0) is 20.3. The molecule has 0 radical (unpaired) electrons. The van der Waals surface area contributed by atoms with Crippen molar-refractivity contribution < 1.29 is 23.1 Å². The Morgan fingerprint density at radius 1 is 1.04 bits per heavy atom. The van der Waals surface area contributed by atoms with E-state index in [0.29, 0.717) is 37.5 Å². The lowest BCUT2D eigenvalue weighted by Crippen LogP contribution is -2.37. The number of hydrogen-bond acceptors (Lipinski definition) is 4. The first-order valence-electron chi connectivity index (χ1n) is 9.58. The maximum absolute atomic E-state index is 12.8. The van der Waals surface area contributed by atoms with Crippen molar-refractivity contribution in [3.63, 3.8) is 0 Å². The van der Waals surface area contributed by atoms with Crippen LogP contribution in [0.1, 0.15) is 32.6 Å². The molecule has 0 bridgehead atoms. The molecule has 1 aromatic carbocycles. The predicted octanol–water partition coefficient (Wildman–Crippen LogP) is 2.71. The normalized spacial score (nSPS) is 24.0. The third kappa shape index (κ3) is 4.44. The van der Waals surface area contributed by atoms with Crippen LogP contribution in [0.15, 0.2) is 41.3 Å². The van der Waals surface area contributed by atoms with E-state index in [4.69, 9.17) is 0 Å². The van der Waals surface area contributed by atoms with Crippen LogP contribution in [-0.4, -0.2) is 42.8 Å². The summed E-state index contributed by atoms with van der Waals surface area (Å²) in [6.07, 6.45) is 6.02. The first kappa shape index (κ1) is 20.5. The minimum atomic E-state index is -3.54. The van der Waals surface area contributed by atoms with Gasteiger partial charge in [-0.3, -0.25) is 9.59 Å². The second-order valence-electron chi connectivity index (χ2n) is 7.59. The Labute approximate surface area is 165 Å². The second kappa shape index (κ2) is 8.45. The summed E-state index contributed by atoms with van der Waals surface area (Å²) in [5.74, 6) is -2.19. The molecular formula is C20H26N2O5S. The smallest absolute Gasteiger partial charge is 0.307 e. The third-order valence-corrected chi connectivity index (χ3v) is 7.50. The lowest BCUT2D eigenvalue weighted by molar-refractivity contribution is -0.146. The maximum atomic E-state index is 12.8. The number of carboxylic acid groups (broad SMARTS) is 1. The molecule has 2 aliphatic rings. The summed E-state index contributed by atoms with van der Waals surface area (Å²) in [6, 6.07) is 6.06. The minimum Gasteiger partial charge on any atom is -0.481 e. The molecule has 2 atom stereocenters. The number of allylic oxidation sites excluding steroid dienone is 2. The van der Waals surface area contributed by atoms with Crippen molar-refractivity contribution in [1.29, 1.82) is 0 Å². The number of anilines is 1. The van der Waals surface area contributed by atoms with Gasteiger partial charge in [0.2, 0.25) is 15.9 Å². The van der Waals surface area contributed by atoms with Gasteiger partial charge in [0.25, 0.3) is 0 Å². The molecule has 2 N–H and O–H groups in total. The van der Waals surface area contributed by atoms with E-state index in [2.05, 4.69) is 12.2 Å². The monoisotopic (exact) mass is 406 g/mol. The molecule has 1 fully saturated rings. The number of benzene rings is 1. The quantitative estimate of drug-likeness (QED) is 0.732. The van der Waals surface area contributed by atoms with E-state index in [1.165, 1.54) is 16.4 Å². The van der Waals surface area contributed by atoms with E-state index in [1.807, 2.05) is 6.08 Å². The van der Waals surface area contributed by atoms with Gasteiger partial charge in [-0.2, -0.15) is 4.31 Å². The molecule has 0 unspecified atom stereocenters. The molecule has 0 saturated carbocycles. The SMILES string of the molecule is CC1CCN(S(=O)(=O)c2ccc(NC(=O)[C@@H]3CC=CC[C@@H]3C(=O)O)cc2)CC1. The fourth-order valence-corrected chi connectivity index (χ4v) is 5.17. The van der Waals surface area contributed by atoms with Gasteiger partial charge in [-0.1, -0.05) is 19.1 Å². The number of carbonyl (C=O) groups excluding carboxylic acids is 1. The Balaban J connectivity index is 1.68. The number of nitrogens with one attached hydrogen (secondary N) is 1. The highest BCUT2D eigenvalue weighted by atomic mass is 32.2. The first-order valence-corrected chi connectivity index (χ1v) is 11.0. The molecular weight excluding hydrogens is 380 g/mol. The Hall–Kier alpha value is -2.19. The predicted molar refractivity (Wildman–Crippen MR) is 105 cm³/mol. The average molecular weight is 407 g/mol. The average Bonchev–Trinajstić information content (AvgIpc) is 2.68. The van der Waals surface area contributed by atoms with Crippen LogP contribution in [0, 0.1) is 17.8 Å². The van der Waals surface area contributed by atoms with E-state index in [1.54, 1.807) is 18.2 Å². The molecule has 152 valence electrons. The number of aliphatic carboxylic acids is 1. The van der Waals surface area contributed by atoms with Gasteiger partial charge in [0.05, 0.1) is 16.7 Å². The molecule has 3 rings (SSSR count). The van der Waals surface area contributed by atoms with Crippen LogP contribution in [0.25, 0.3) is 0 Å². The highest BCUT2D eigenvalue weighted by Gasteiger charge is 2.34. The zero-order valence-electron chi connectivity index (χ0n) is 15.9. The summed E-state index contributed by atoms with van der Waals surface area (Å²) >= 11 is 0. The van der Waals surface area contributed by atoms with E-state index < -0.39 is 27.8 Å². The third-order valence-electron chi connectivity index (χ3n) is 5.59. The van der Waals surface area contributed by atoms with Crippen LogP contribution >= 0.6 is 0 Å². The minimum absolute atomic E-state index is 0.198. The molecule has 1 aliphatic heterocycles. The van der Waals surface area contributed by atoms with Gasteiger partial charge < -0.3 is 10.4 Å². The fraction of sp³-hybridized carbons (Fsp3) is 0.500. The van der Waals surface area contributed by atoms with Crippen LogP contribution < -0.4 is 5.32 Å². The Bertz CT molecular complexity index is 855. The molecule has 1 amide bonds. The standard InChI is InChI=1S/C20H26N2O5S/c1-14-10-12-22(13-11-14)28(26,27)16-8-6-15(7-9-16)21-19(23)17-4-2-3-5-18(17)20(24)25/h2-3,6-9,14,17-18H,4-5,10-13H2,1H3,(H,21,23)(H,24,25)/t17-,18+/m1/s1. The second-order valence-corrected chi connectivity index (χ2v) is 9.53. The van der Waals surface area contributed by atoms with Gasteiger partial charge in [-0.05, 0) is 55.9 Å². The molecule has 0 spiro atoms. The van der Waals surface area contributed by atoms with Crippen molar-refractivity contribution in [1.82, 2.24) is 4.31 Å². The van der Waals surface area contributed by atoms with Crippen LogP contribution in [0.5, 0.6) is 0 Å². The molecule has 7 nitrogen and oxygen atoms in total. The highest BCUT2D eigenvalue weighted by Crippen LogP contribution is 2.28. The molecule has 28 heavy (non-hydrogen) atoms. The number of rotatable bonds is 5. The summed E-state index contributed by atoms with van der Waals surface area (Å²) in [5, 5.41) is 12.0. The molecule has 1 aromatic rings. The Morgan fingerprint density at radius 2 is 1.61 bits per heavy atom. The van der Waals surface area contributed by atoms with Crippen molar-refractivity contribution in [2.75, 3.05) is 18.4 Å². The first-order chi connectivity index (χ1) is 13.3. The van der Waals surface area contributed by atoms with Crippen molar-refractivity contribution in [3.05, 3.63) is 36.4 Å². The molecule has 1 heterocycles. The summed E-state index contributed by atoms with van der Waals surface area (Å²) in [4.78, 5) is 24.1. The number of piperidine rings is 1. The van der Waals surface area contributed by atoms with Crippen LogP contribution in [0.3, 0.4) is 0 Å². The fourth-order valence-electron chi connectivity index (χ4n) is 3.70. The number of sulfonamides is 1. The number of carboxylic acids is 1. The summed E-state index contributed by atoms with van der Waals surface area (Å²) < 4.78 is 27.0. The molecule has 1 aliphatic carbocycles. The van der Waals surface area contributed by atoms with Gasteiger partial charge in [0, 0.05) is 18.8 Å². The Kier molecular flexibility index (Phi) is 6.20. The van der Waals surface area contributed by atoms with E-state index in [-0.39, 0.29) is 10.8 Å². The highest BCUT2D eigenvalue weighted by molar-refractivity contribution is 7.89. The largest absolute Gasteiger partial charge is 0.481 e. The number of amides is 1. The van der Waals surface area contributed by atoms with Gasteiger partial charge in [0.1, 0.15) is 0 Å². The number of hydrogen-bond donors (Lipinski definition) is 2. The van der Waals surface area contributed by atoms with Gasteiger partial charge >= 0.3 is 5.97 Å². The molecule has 1 saturated heterocycles. The Morgan fingerprint density at radius 3 is 2.18 bits per heavy atom. The van der Waals surface area contributed by atoms with Gasteiger partial charge in [0.15, 0.2) is 0 Å². The van der Waals surface area contributed by atoms with Crippen LogP contribution in [0.4, 0.5) is 5.69 Å². The van der Waals surface area contributed by atoms with E-state index >= 15 is 0 Å². The van der Waals surface area contributed by atoms with Crippen molar-refractivity contribution >= 4 is 27.6 Å². The molecule has 0 aromatic heterocycles. The van der Waals surface area contributed by atoms with Crippen molar-refractivity contribution in [2.45, 2.75) is 37.5 Å².